The van der Waals surface area contributed by atoms with Crippen molar-refractivity contribution in [2.45, 2.75) is 19.8 Å². The Hall–Kier alpha value is -1.14. The molecule has 0 atom stereocenters. The first-order valence-corrected chi connectivity index (χ1v) is 4.82. The van der Waals surface area contributed by atoms with Gasteiger partial charge < -0.3 is 14.8 Å². The first-order chi connectivity index (χ1) is 7.40. The summed E-state index contributed by atoms with van der Waals surface area (Å²) in [6.45, 7) is 3.38. The summed E-state index contributed by atoms with van der Waals surface area (Å²) in [5, 5.41) is 17.7. The molecule has 0 fully saturated rings. The molecule has 2 N–H and O–H groups in total. The maximum absolute atomic E-state index is 13.6. The predicted octanol–water partition coefficient (Wildman–Crippen LogP) is 0.777. The molecule has 1 rings (SSSR count). The van der Waals surface area contributed by atoms with Gasteiger partial charge in [0.05, 0.1) is 7.11 Å². The molecule has 0 aliphatic heterocycles. The highest BCUT2D eigenvalue weighted by Gasteiger charge is 2.26. The van der Waals surface area contributed by atoms with Crippen LogP contribution >= 0.6 is 0 Å². The zero-order chi connectivity index (χ0) is 12.5. The number of hydrogen-bond acceptors (Lipinski definition) is 3. The highest BCUT2D eigenvalue weighted by atomic mass is 19.2. The smallest absolute Gasteiger partial charge is 0.491 e. The van der Waals surface area contributed by atoms with Gasteiger partial charge >= 0.3 is 7.12 Å². The number of methoxy groups -OCH3 is 1. The number of halogens is 2. The van der Waals surface area contributed by atoms with Crippen LogP contribution in [0.25, 0.3) is 0 Å². The number of hydrogen-bond donors (Lipinski definition) is 2. The van der Waals surface area contributed by atoms with Crippen LogP contribution < -0.4 is 10.2 Å². The third kappa shape index (κ3) is 2.17. The van der Waals surface area contributed by atoms with Crippen molar-refractivity contribution in [3.05, 3.63) is 23.3 Å². The van der Waals surface area contributed by atoms with Crippen molar-refractivity contribution in [3.8, 4) is 5.75 Å². The molecule has 0 bridgehead atoms. The van der Waals surface area contributed by atoms with E-state index in [1.807, 2.05) is 0 Å². The standard InChI is InChI=1S/C10H13BF2O3/c1-5(2)8-7(16-3)4-6(11(14)15)9(12)10(8)13/h4-5,14-15H,1-3H3. The molecule has 1 aromatic carbocycles. The van der Waals surface area contributed by atoms with Gasteiger partial charge in [-0.2, -0.15) is 0 Å². The normalized spacial score (nSPS) is 10.8. The molecular weight excluding hydrogens is 217 g/mol. The van der Waals surface area contributed by atoms with Crippen molar-refractivity contribution in [3.63, 3.8) is 0 Å². The van der Waals surface area contributed by atoms with Crippen LogP contribution in [0.4, 0.5) is 8.78 Å². The zero-order valence-corrected chi connectivity index (χ0v) is 9.29. The van der Waals surface area contributed by atoms with E-state index in [2.05, 4.69) is 0 Å². The van der Waals surface area contributed by atoms with E-state index in [9.17, 15) is 8.78 Å². The summed E-state index contributed by atoms with van der Waals surface area (Å²) in [6.07, 6.45) is 0. The van der Waals surface area contributed by atoms with Gasteiger partial charge in [-0.3, -0.25) is 0 Å². The summed E-state index contributed by atoms with van der Waals surface area (Å²) >= 11 is 0. The van der Waals surface area contributed by atoms with Crippen molar-refractivity contribution in [1.29, 1.82) is 0 Å². The fourth-order valence-electron chi connectivity index (χ4n) is 1.53. The Balaban J connectivity index is 3.49. The van der Waals surface area contributed by atoms with Gasteiger partial charge in [-0.15, -0.1) is 0 Å². The maximum atomic E-state index is 13.6. The van der Waals surface area contributed by atoms with Crippen LogP contribution in [-0.4, -0.2) is 24.3 Å². The second kappa shape index (κ2) is 4.80. The van der Waals surface area contributed by atoms with Gasteiger partial charge in [0.2, 0.25) is 0 Å². The molecule has 6 heteroatoms. The molecule has 0 saturated heterocycles. The largest absolute Gasteiger partial charge is 0.496 e. The van der Waals surface area contributed by atoms with E-state index in [0.717, 1.165) is 6.07 Å². The van der Waals surface area contributed by atoms with Crippen molar-refractivity contribution >= 4 is 12.6 Å². The lowest BCUT2D eigenvalue weighted by Crippen LogP contribution is -2.34. The number of rotatable bonds is 3. The molecule has 0 aromatic heterocycles. The Morgan fingerprint density at radius 2 is 1.81 bits per heavy atom. The van der Waals surface area contributed by atoms with E-state index < -0.39 is 24.2 Å². The van der Waals surface area contributed by atoms with Crippen LogP contribution in [0, 0.1) is 11.6 Å². The summed E-state index contributed by atoms with van der Waals surface area (Å²) in [5.74, 6) is -2.51. The molecule has 0 amide bonds. The van der Waals surface area contributed by atoms with Gasteiger partial charge in [0.1, 0.15) is 5.75 Å². The number of ether oxygens (including phenoxy) is 1. The summed E-state index contributed by atoms with van der Waals surface area (Å²) < 4.78 is 32.0. The summed E-state index contributed by atoms with van der Waals surface area (Å²) in [4.78, 5) is 0. The highest BCUT2D eigenvalue weighted by molar-refractivity contribution is 6.58. The Morgan fingerprint density at radius 1 is 1.25 bits per heavy atom. The first kappa shape index (κ1) is 12.9. The minimum Gasteiger partial charge on any atom is -0.496 e. The molecule has 0 radical (unpaired) electrons. The highest BCUT2D eigenvalue weighted by Crippen LogP contribution is 2.29. The second-order valence-electron chi connectivity index (χ2n) is 3.74. The molecule has 0 aliphatic rings. The molecular formula is C10H13BF2O3. The van der Waals surface area contributed by atoms with Gasteiger partial charge in [0.15, 0.2) is 11.6 Å². The van der Waals surface area contributed by atoms with Crippen molar-refractivity contribution in [2.24, 2.45) is 0 Å². The van der Waals surface area contributed by atoms with E-state index in [-0.39, 0.29) is 17.2 Å². The van der Waals surface area contributed by atoms with Gasteiger partial charge in [0.25, 0.3) is 0 Å². The summed E-state index contributed by atoms with van der Waals surface area (Å²) in [7, 11) is -0.754. The molecule has 16 heavy (non-hydrogen) atoms. The van der Waals surface area contributed by atoms with Crippen LogP contribution in [0.3, 0.4) is 0 Å². The lowest BCUT2D eigenvalue weighted by Gasteiger charge is -2.15. The van der Waals surface area contributed by atoms with Crippen molar-refractivity contribution < 1.29 is 23.6 Å². The van der Waals surface area contributed by atoms with E-state index in [1.54, 1.807) is 13.8 Å². The van der Waals surface area contributed by atoms with Crippen LogP contribution in [0.2, 0.25) is 0 Å². The van der Waals surface area contributed by atoms with Crippen molar-refractivity contribution in [2.75, 3.05) is 7.11 Å². The first-order valence-electron chi connectivity index (χ1n) is 4.82. The van der Waals surface area contributed by atoms with Crippen molar-refractivity contribution in [1.82, 2.24) is 0 Å². The van der Waals surface area contributed by atoms with E-state index in [4.69, 9.17) is 14.8 Å². The minimum absolute atomic E-state index is 0.0874. The monoisotopic (exact) mass is 230 g/mol. The van der Waals surface area contributed by atoms with Crippen LogP contribution in [0.1, 0.15) is 25.3 Å². The predicted molar refractivity (Wildman–Crippen MR) is 56.8 cm³/mol. The third-order valence-electron chi connectivity index (χ3n) is 2.31. The van der Waals surface area contributed by atoms with Gasteiger partial charge in [-0.05, 0) is 12.0 Å². The van der Waals surface area contributed by atoms with Crippen LogP contribution in [-0.2, 0) is 0 Å². The lowest BCUT2D eigenvalue weighted by molar-refractivity contribution is 0.391. The topological polar surface area (TPSA) is 49.7 Å². The van der Waals surface area contributed by atoms with Gasteiger partial charge in [0, 0.05) is 11.0 Å². The fraction of sp³-hybridized carbons (Fsp3) is 0.400. The molecule has 1 aromatic rings. The van der Waals surface area contributed by atoms with Crippen LogP contribution in [0.15, 0.2) is 6.07 Å². The molecule has 0 aliphatic carbocycles. The molecule has 88 valence electrons. The molecule has 0 unspecified atom stereocenters. The Morgan fingerprint density at radius 3 is 2.19 bits per heavy atom. The second-order valence-corrected chi connectivity index (χ2v) is 3.74. The van der Waals surface area contributed by atoms with Gasteiger partial charge in [-0.1, -0.05) is 13.8 Å². The Kier molecular flexibility index (Phi) is 3.88. The summed E-state index contributed by atoms with van der Waals surface area (Å²) in [5.41, 5.74) is -0.442. The molecule has 0 heterocycles. The number of benzene rings is 1. The molecule has 0 saturated carbocycles. The minimum atomic E-state index is -2.07. The average molecular weight is 230 g/mol. The fourth-order valence-corrected chi connectivity index (χ4v) is 1.53. The molecule has 0 spiro atoms. The van der Waals surface area contributed by atoms with Crippen LogP contribution in [0.5, 0.6) is 5.75 Å². The lowest BCUT2D eigenvalue weighted by atomic mass is 9.78. The summed E-state index contributed by atoms with van der Waals surface area (Å²) in [6, 6.07) is 1.10. The quantitative estimate of drug-likeness (QED) is 0.754. The van der Waals surface area contributed by atoms with E-state index >= 15 is 0 Å². The van der Waals surface area contributed by atoms with E-state index in [0.29, 0.717) is 0 Å². The SMILES string of the molecule is COc1cc(B(O)O)c(F)c(F)c1C(C)C. The zero-order valence-electron chi connectivity index (χ0n) is 9.29. The average Bonchev–Trinajstić information content (AvgIpc) is 2.20. The third-order valence-corrected chi connectivity index (χ3v) is 2.31. The Labute approximate surface area is 92.8 Å². The molecule has 3 nitrogen and oxygen atoms in total. The van der Waals surface area contributed by atoms with E-state index in [1.165, 1.54) is 7.11 Å². The maximum Gasteiger partial charge on any atom is 0.491 e. The van der Waals surface area contributed by atoms with Gasteiger partial charge in [-0.25, -0.2) is 8.78 Å². The Bertz CT molecular complexity index is 394.